The number of halogens is 2. The molecule has 5 nitrogen and oxygen atoms in total. The molecular weight excluding hydrogens is 361 g/mol. The van der Waals surface area contributed by atoms with Crippen LogP contribution in [0.5, 0.6) is 0 Å². The van der Waals surface area contributed by atoms with Gasteiger partial charge in [-0.3, -0.25) is 4.79 Å². The van der Waals surface area contributed by atoms with Gasteiger partial charge in [0.1, 0.15) is 5.82 Å². The Morgan fingerprint density at radius 1 is 1.12 bits per heavy atom. The third-order valence-electron chi connectivity index (χ3n) is 4.02. The SMILES string of the molecule is O=C(O[C@H](C(=O)N1CCOCC1)c1ccccc1)c1cc(Cl)ccc1F. The average molecular weight is 378 g/mol. The zero-order valence-electron chi connectivity index (χ0n) is 13.9. The molecule has 1 amide bonds. The van der Waals surface area contributed by atoms with Crippen LogP contribution in [0.1, 0.15) is 22.0 Å². The molecule has 0 saturated carbocycles. The summed E-state index contributed by atoms with van der Waals surface area (Å²) >= 11 is 5.84. The number of ether oxygens (including phenoxy) is 2. The predicted molar refractivity (Wildman–Crippen MR) is 93.4 cm³/mol. The van der Waals surface area contributed by atoms with Crippen molar-refractivity contribution in [2.24, 2.45) is 0 Å². The Kier molecular flexibility index (Phi) is 5.85. The van der Waals surface area contributed by atoms with Gasteiger partial charge in [0.05, 0.1) is 18.8 Å². The number of hydrogen-bond acceptors (Lipinski definition) is 4. The summed E-state index contributed by atoms with van der Waals surface area (Å²) in [5, 5.41) is 0.203. The zero-order valence-corrected chi connectivity index (χ0v) is 14.6. The van der Waals surface area contributed by atoms with Gasteiger partial charge in [-0.15, -0.1) is 0 Å². The first kappa shape index (κ1) is 18.4. The van der Waals surface area contributed by atoms with E-state index in [9.17, 15) is 14.0 Å². The minimum absolute atomic E-state index is 0.203. The van der Waals surface area contributed by atoms with E-state index in [0.29, 0.717) is 31.9 Å². The van der Waals surface area contributed by atoms with Crippen LogP contribution in [0.3, 0.4) is 0 Å². The average Bonchev–Trinajstić information content (AvgIpc) is 2.68. The molecule has 1 heterocycles. The Bertz CT molecular complexity index is 793. The van der Waals surface area contributed by atoms with Crippen molar-refractivity contribution in [1.82, 2.24) is 4.90 Å². The summed E-state index contributed by atoms with van der Waals surface area (Å²) in [5.74, 6) is -2.07. The van der Waals surface area contributed by atoms with Crippen LogP contribution >= 0.6 is 11.6 Å². The molecule has 2 aromatic rings. The first-order chi connectivity index (χ1) is 12.6. The highest BCUT2D eigenvalue weighted by Crippen LogP contribution is 2.24. The lowest BCUT2D eigenvalue weighted by molar-refractivity contribution is -0.145. The van der Waals surface area contributed by atoms with Crippen molar-refractivity contribution in [1.29, 1.82) is 0 Å². The number of carbonyl (C=O) groups excluding carboxylic acids is 2. The number of amides is 1. The molecule has 0 spiro atoms. The fourth-order valence-corrected chi connectivity index (χ4v) is 2.83. The third-order valence-corrected chi connectivity index (χ3v) is 4.26. The summed E-state index contributed by atoms with van der Waals surface area (Å²) in [6.45, 7) is 1.66. The Morgan fingerprint density at radius 3 is 2.50 bits per heavy atom. The summed E-state index contributed by atoms with van der Waals surface area (Å²) < 4.78 is 24.6. The van der Waals surface area contributed by atoms with Crippen molar-refractivity contribution in [2.45, 2.75) is 6.10 Å². The number of nitrogens with zero attached hydrogens (tertiary/aromatic N) is 1. The Hall–Kier alpha value is -2.44. The molecule has 0 aliphatic carbocycles. The predicted octanol–water partition coefficient (Wildman–Crippen LogP) is 3.24. The Labute approximate surface area is 155 Å². The van der Waals surface area contributed by atoms with Crippen LogP contribution in [0.25, 0.3) is 0 Å². The van der Waals surface area contributed by atoms with Crippen LogP contribution in [0.2, 0.25) is 5.02 Å². The lowest BCUT2D eigenvalue weighted by Gasteiger charge is -2.30. The molecule has 0 radical (unpaired) electrons. The number of benzene rings is 2. The lowest BCUT2D eigenvalue weighted by atomic mass is 10.1. The number of esters is 1. The highest BCUT2D eigenvalue weighted by molar-refractivity contribution is 6.30. The molecule has 0 N–H and O–H groups in total. The second-order valence-electron chi connectivity index (χ2n) is 5.76. The van der Waals surface area contributed by atoms with Gasteiger partial charge in [-0.05, 0) is 18.2 Å². The van der Waals surface area contributed by atoms with Crippen molar-refractivity contribution < 1.29 is 23.5 Å². The van der Waals surface area contributed by atoms with Crippen molar-refractivity contribution in [2.75, 3.05) is 26.3 Å². The molecule has 1 aliphatic rings. The molecular formula is C19H17ClFNO4. The second kappa shape index (κ2) is 8.29. The summed E-state index contributed by atoms with van der Waals surface area (Å²) in [7, 11) is 0. The summed E-state index contributed by atoms with van der Waals surface area (Å²) in [6.07, 6.45) is -1.17. The zero-order chi connectivity index (χ0) is 18.5. The topological polar surface area (TPSA) is 55.8 Å². The largest absolute Gasteiger partial charge is 0.444 e. The van der Waals surface area contributed by atoms with E-state index in [1.165, 1.54) is 12.1 Å². The fraction of sp³-hybridized carbons (Fsp3) is 0.263. The van der Waals surface area contributed by atoms with Gasteiger partial charge in [-0.1, -0.05) is 41.9 Å². The van der Waals surface area contributed by atoms with Crippen LogP contribution < -0.4 is 0 Å². The van der Waals surface area contributed by atoms with Gasteiger partial charge in [0.15, 0.2) is 0 Å². The van der Waals surface area contributed by atoms with Crippen molar-refractivity contribution in [3.63, 3.8) is 0 Å². The van der Waals surface area contributed by atoms with E-state index < -0.39 is 17.9 Å². The highest BCUT2D eigenvalue weighted by Gasteiger charge is 2.31. The first-order valence-electron chi connectivity index (χ1n) is 8.14. The molecule has 0 aromatic heterocycles. The number of morpholine rings is 1. The summed E-state index contributed by atoms with van der Waals surface area (Å²) in [4.78, 5) is 26.9. The van der Waals surface area contributed by atoms with E-state index in [2.05, 4.69) is 0 Å². The standard InChI is InChI=1S/C19H17ClFNO4/c20-14-6-7-16(21)15(12-14)19(24)26-17(13-4-2-1-3-5-13)18(23)22-8-10-25-11-9-22/h1-7,12,17H,8-11H2/t17-/m0/s1. The summed E-state index contributed by atoms with van der Waals surface area (Å²) in [5.41, 5.74) is 0.202. The van der Waals surface area contributed by atoms with E-state index in [4.69, 9.17) is 21.1 Å². The van der Waals surface area contributed by atoms with Gasteiger partial charge >= 0.3 is 5.97 Å². The van der Waals surface area contributed by atoms with Crippen LogP contribution in [0.4, 0.5) is 4.39 Å². The van der Waals surface area contributed by atoms with E-state index in [1.807, 2.05) is 0 Å². The molecule has 7 heteroatoms. The molecule has 1 fully saturated rings. The second-order valence-corrected chi connectivity index (χ2v) is 6.19. The monoisotopic (exact) mass is 377 g/mol. The van der Waals surface area contributed by atoms with Crippen molar-refractivity contribution in [3.05, 3.63) is 70.5 Å². The maximum absolute atomic E-state index is 14.0. The quantitative estimate of drug-likeness (QED) is 0.768. The van der Waals surface area contributed by atoms with Crippen molar-refractivity contribution >= 4 is 23.5 Å². The Morgan fingerprint density at radius 2 is 1.81 bits per heavy atom. The molecule has 26 heavy (non-hydrogen) atoms. The molecule has 1 atom stereocenters. The van der Waals surface area contributed by atoms with E-state index >= 15 is 0 Å². The van der Waals surface area contributed by atoms with Gasteiger partial charge in [-0.25, -0.2) is 9.18 Å². The van der Waals surface area contributed by atoms with Gasteiger partial charge < -0.3 is 14.4 Å². The summed E-state index contributed by atoms with van der Waals surface area (Å²) in [6, 6.07) is 12.2. The Balaban J connectivity index is 1.87. The van der Waals surface area contributed by atoms with Crippen LogP contribution in [0, 0.1) is 5.82 Å². The van der Waals surface area contributed by atoms with E-state index in [0.717, 1.165) is 6.07 Å². The number of rotatable bonds is 4. The maximum Gasteiger partial charge on any atom is 0.342 e. The fourth-order valence-electron chi connectivity index (χ4n) is 2.66. The molecule has 0 unspecified atom stereocenters. The number of hydrogen-bond donors (Lipinski definition) is 0. The van der Waals surface area contributed by atoms with Crippen LogP contribution in [-0.4, -0.2) is 43.1 Å². The van der Waals surface area contributed by atoms with E-state index in [1.54, 1.807) is 35.2 Å². The lowest BCUT2D eigenvalue weighted by Crippen LogP contribution is -2.44. The molecule has 1 saturated heterocycles. The molecule has 136 valence electrons. The normalized spacial score (nSPS) is 15.4. The van der Waals surface area contributed by atoms with Gasteiger partial charge in [0.25, 0.3) is 5.91 Å². The maximum atomic E-state index is 14.0. The smallest absolute Gasteiger partial charge is 0.342 e. The first-order valence-corrected chi connectivity index (χ1v) is 8.51. The molecule has 2 aromatic carbocycles. The third kappa shape index (κ3) is 4.20. The number of carbonyl (C=O) groups is 2. The van der Waals surface area contributed by atoms with E-state index in [-0.39, 0.29) is 16.5 Å². The molecule has 3 rings (SSSR count). The minimum atomic E-state index is -1.17. The van der Waals surface area contributed by atoms with Gasteiger partial charge in [-0.2, -0.15) is 0 Å². The van der Waals surface area contributed by atoms with Gasteiger partial charge in [0.2, 0.25) is 6.10 Å². The minimum Gasteiger partial charge on any atom is -0.444 e. The molecule has 0 bridgehead atoms. The van der Waals surface area contributed by atoms with Crippen molar-refractivity contribution in [3.8, 4) is 0 Å². The van der Waals surface area contributed by atoms with Gasteiger partial charge in [0, 0.05) is 23.7 Å². The highest BCUT2D eigenvalue weighted by atomic mass is 35.5. The molecule has 1 aliphatic heterocycles. The van der Waals surface area contributed by atoms with Crippen LogP contribution in [-0.2, 0) is 14.3 Å². The van der Waals surface area contributed by atoms with Crippen LogP contribution in [0.15, 0.2) is 48.5 Å².